The number of carbonyl (C=O) groups excluding carboxylic acids is 1. The van der Waals surface area contributed by atoms with E-state index in [2.05, 4.69) is 22.0 Å². The quantitative estimate of drug-likeness (QED) is 0.477. The standard InChI is InChI=1S/C24H21FN4OS/c1-15-13-19(11-12-22(15)29-23(30)20-5-3-4-6-21(20)25)28-24(31)27-16(2)18-9-7-17(14-26)8-10-18/h3-13,16H,1-2H3,(H,29,30)(H2,27,28,31). The van der Waals surface area contributed by atoms with E-state index < -0.39 is 11.7 Å². The van der Waals surface area contributed by atoms with Crippen LogP contribution in [0.25, 0.3) is 0 Å². The molecule has 0 aromatic heterocycles. The van der Waals surface area contributed by atoms with Gasteiger partial charge in [-0.05, 0) is 79.7 Å². The summed E-state index contributed by atoms with van der Waals surface area (Å²) in [4.78, 5) is 12.3. The molecule has 3 N–H and O–H groups in total. The summed E-state index contributed by atoms with van der Waals surface area (Å²) in [6.45, 7) is 3.82. The van der Waals surface area contributed by atoms with Crippen LogP contribution in [0.4, 0.5) is 15.8 Å². The lowest BCUT2D eigenvalue weighted by Gasteiger charge is -2.18. The predicted molar refractivity (Wildman–Crippen MR) is 124 cm³/mol. The van der Waals surface area contributed by atoms with E-state index in [-0.39, 0.29) is 11.6 Å². The molecule has 31 heavy (non-hydrogen) atoms. The average molecular weight is 433 g/mol. The molecule has 0 bridgehead atoms. The van der Waals surface area contributed by atoms with Crippen LogP contribution in [0.5, 0.6) is 0 Å². The monoisotopic (exact) mass is 432 g/mol. The minimum Gasteiger partial charge on any atom is -0.356 e. The number of nitrogens with one attached hydrogen (secondary N) is 3. The van der Waals surface area contributed by atoms with E-state index in [4.69, 9.17) is 17.5 Å². The molecule has 1 amide bonds. The largest absolute Gasteiger partial charge is 0.356 e. The Labute approximate surface area is 185 Å². The van der Waals surface area contributed by atoms with Gasteiger partial charge in [-0.3, -0.25) is 4.79 Å². The van der Waals surface area contributed by atoms with Crippen LogP contribution in [-0.2, 0) is 0 Å². The molecule has 1 unspecified atom stereocenters. The molecule has 5 nitrogen and oxygen atoms in total. The van der Waals surface area contributed by atoms with Crippen molar-refractivity contribution in [3.63, 3.8) is 0 Å². The van der Waals surface area contributed by atoms with Crippen molar-refractivity contribution in [1.82, 2.24) is 5.32 Å². The number of nitriles is 1. The summed E-state index contributed by atoms with van der Waals surface area (Å²) in [6.07, 6.45) is 0. The van der Waals surface area contributed by atoms with Crippen molar-refractivity contribution >= 4 is 34.6 Å². The van der Waals surface area contributed by atoms with Gasteiger partial charge in [0, 0.05) is 11.4 Å². The smallest absolute Gasteiger partial charge is 0.258 e. The van der Waals surface area contributed by atoms with Crippen LogP contribution in [0.3, 0.4) is 0 Å². The van der Waals surface area contributed by atoms with Crippen molar-refractivity contribution in [1.29, 1.82) is 5.26 Å². The molecule has 3 rings (SSSR count). The van der Waals surface area contributed by atoms with Gasteiger partial charge < -0.3 is 16.0 Å². The Balaban J connectivity index is 1.61. The van der Waals surface area contributed by atoms with Gasteiger partial charge in [-0.25, -0.2) is 4.39 Å². The third-order valence-electron chi connectivity index (χ3n) is 4.74. The molecule has 7 heteroatoms. The Bertz CT molecular complexity index is 1150. The van der Waals surface area contributed by atoms with Gasteiger partial charge in [-0.1, -0.05) is 24.3 Å². The number of benzene rings is 3. The van der Waals surface area contributed by atoms with E-state index in [0.717, 1.165) is 16.8 Å². The van der Waals surface area contributed by atoms with Crippen LogP contribution in [0.2, 0.25) is 0 Å². The van der Waals surface area contributed by atoms with Gasteiger partial charge >= 0.3 is 0 Å². The molecular weight excluding hydrogens is 411 g/mol. The number of rotatable bonds is 5. The molecule has 156 valence electrons. The van der Waals surface area contributed by atoms with Crippen molar-refractivity contribution < 1.29 is 9.18 Å². The SMILES string of the molecule is Cc1cc(NC(=S)NC(C)c2ccc(C#N)cc2)ccc1NC(=O)c1ccccc1F. The summed E-state index contributed by atoms with van der Waals surface area (Å²) >= 11 is 5.40. The molecular formula is C24H21FN4OS. The highest BCUT2D eigenvalue weighted by molar-refractivity contribution is 7.80. The maximum Gasteiger partial charge on any atom is 0.258 e. The number of carbonyl (C=O) groups is 1. The first-order valence-corrected chi connectivity index (χ1v) is 10.0. The highest BCUT2D eigenvalue weighted by atomic mass is 32.1. The van der Waals surface area contributed by atoms with E-state index in [1.54, 1.807) is 30.3 Å². The maximum absolute atomic E-state index is 13.8. The second-order valence-corrected chi connectivity index (χ2v) is 7.43. The van der Waals surface area contributed by atoms with Crippen LogP contribution >= 0.6 is 12.2 Å². The molecule has 3 aromatic carbocycles. The predicted octanol–water partition coefficient (Wildman–Crippen LogP) is 5.31. The minimum atomic E-state index is -0.566. The van der Waals surface area contributed by atoms with Gasteiger partial charge in [0.25, 0.3) is 5.91 Å². The van der Waals surface area contributed by atoms with Crippen molar-refractivity contribution in [2.45, 2.75) is 19.9 Å². The Morgan fingerprint density at radius 2 is 1.77 bits per heavy atom. The first-order valence-electron chi connectivity index (χ1n) is 9.61. The van der Waals surface area contributed by atoms with Gasteiger partial charge in [-0.2, -0.15) is 5.26 Å². The molecule has 0 aliphatic heterocycles. The van der Waals surface area contributed by atoms with E-state index >= 15 is 0 Å². The van der Waals surface area contributed by atoms with E-state index in [1.807, 2.05) is 32.0 Å². The molecule has 0 spiro atoms. The highest BCUT2D eigenvalue weighted by Crippen LogP contribution is 2.21. The van der Waals surface area contributed by atoms with Gasteiger partial charge in [0.2, 0.25) is 0 Å². The second-order valence-electron chi connectivity index (χ2n) is 7.02. The number of thiocarbonyl (C=S) groups is 1. The zero-order valence-electron chi connectivity index (χ0n) is 17.1. The minimum absolute atomic E-state index is 0.00808. The number of anilines is 2. The number of nitrogens with zero attached hydrogens (tertiary/aromatic N) is 1. The summed E-state index contributed by atoms with van der Waals surface area (Å²) in [5, 5.41) is 18.4. The lowest BCUT2D eigenvalue weighted by molar-refractivity contribution is 0.102. The molecule has 0 aliphatic carbocycles. The van der Waals surface area contributed by atoms with Crippen LogP contribution in [-0.4, -0.2) is 11.0 Å². The van der Waals surface area contributed by atoms with Crippen molar-refractivity contribution in [3.05, 3.63) is 94.8 Å². The first-order chi connectivity index (χ1) is 14.9. The van der Waals surface area contributed by atoms with Crippen molar-refractivity contribution in [3.8, 4) is 6.07 Å². The second kappa shape index (κ2) is 9.83. The summed E-state index contributed by atoms with van der Waals surface area (Å²) < 4.78 is 13.8. The molecule has 0 saturated carbocycles. The fourth-order valence-corrected chi connectivity index (χ4v) is 3.30. The summed E-state index contributed by atoms with van der Waals surface area (Å²) in [5.74, 6) is -1.07. The van der Waals surface area contributed by atoms with Gasteiger partial charge in [0.15, 0.2) is 5.11 Å². The van der Waals surface area contributed by atoms with Gasteiger partial charge in [0.1, 0.15) is 5.82 Å². The molecule has 0 heterocycles. The Kier molecular flexibility index (Phi) is 6.96. The topological polar surface area (TPSA) is 76.9 Å². The molecule has 0 aliphatic rings. The summed E-state index contributed by atoms with van der Waals surface area (Å²) in [7, 11) is 0. The van der Waals surface area contributed by atoms with E-state index in [1.165, 1.54) is 18.2 Å². The molecule has 1 atom stereocenters. The van der Waals surface area contributed by atoms with E-state index in [0.29, 0.717) is 16.4 Å². The van der Waals surface area contributed by atoms with Gasteiger partial charge in [-0.15, -0.1) is 0 Å². The fourth-order valence-electron chi connectivity index (χ4n) is 3.01. The maximum atomic E-state index is 13.8. The molecule has 0 radical (unpaired) electrons. The number of halogens is 1. The molecule has 0 saturated heterocycles. The highest BCUT2D eigenvalue weighted by Gasteiger charge is 2.13. The lowest BCUT2D eigenvalue weighted by atomic mass is 10.1. The number of hydrogen-bond acceptors (Lipinski definition) is 3. The third kappa shape index (κ3) is 5.65. The Morgan fingerprint density at radius 1 is 1.06 bits per heavy atom. The van der Waals surface area contributed by atoms with Crippen LogP contribution in [0, 0.1) is 24.1 Å². The average Bonchev–Trinajstić information content (AvgIpc) is 2.75. The normalized spacial score (nSPS) is 11.2. The summed E-state index contributed by atoms with van der Waals surface area (Å²) in [6, 6.07) is 20.6. The van der Waals surface area contributed by atoms with Crippen LogP contribution in [0.15, 0.2) is 66.7 Å². The fraction of sp³-hybridized carbons (Fsp3) is 0.125. The zero-order valence-corrected chi connectivity index (χ0v) is 17.9. The molecule has 0 fully saturated rings. The number of hydrogen-bond donors (Lipinski definition) is 3. The summed E-state index contributed by atoms with van der Waals surface area (Å²) in [5.41, 5.74) is 3.75. The van der Waals surface area contributed by atoms with E-state index in [9.17, 15) is 9.18 Å². The molecule has 3 aromatic rings. The first kappa shape index (κ1) is 21.9. The Morgan fingerprint density at radius 3 is 2.42 bits per heavy atom. The van der Waals surface area contributed by atoms with Crippen LogP contribution < -0.4 is 16.0 Å². The van der Waals surface area contributed by atoms with Crippen LogP contribution in [0.1, 0.15) is 40.0 Å². The zero-order chi connectivity index (χ0) is 22.4. The van der Waals surface area contributed by atoms with Crippen molar-refractivity contribution in [2.75, 3.05) is 10.6 Å². The number of aryl methyl sites for hydroxylation is 1. The van der Waals surface area contributed by atoms with Crippen molar-refractivity contribution in [2.24, 2.45) is 0 Å². The lowest BCUT2D eigenvalue weighted by Crippen LogP contribution is -2.30. The number of amides is 1. The van der Waals surface area contributed by atoms with Gasteiger partial charge in [0.05, 0.1) is 23.2 Å². The Hall–Kier alpha value is -3.76. The third-order valence-corrected chi connectivity index (χ3v) is 4.96.